The Balaban J connectivity index is 2.25. The molecule has 0 aliphatic carbocycles. The van der Waals surface area contributed by atoms with Gasteiger partial charge in [0.15, 0.2) is 0 Å². The first-order chi connectivity index (χ1) is 8.84. The average Bonchev–Trinajstić information content (AvgIpc) is 2.67. The topological polar surface area (TPSA) is 41.5 Å². The molecule has 2 rings (SSSR count). The standard InChI is InChI=1S/C16H22N2O/c1-10(2)12-6-8-13(9-7-12)14-17-15(19)16(5,18-14)11(3)4/h6-11H,1-5H3,(H,17,18,19). The molecule has 1 aliphatic rings. The number of benzene rings is 1. The van der Waals surface area contributed by atoms with Gasteiger partial charge in [0.05, 0.1) is 0 Å². The minimum atomic E-state index is -0.577. The molecule has 1 aromatic rings. The molecule has 3 heteroatoms. The molecule has 1 aliphatic heterocycles. The average molecular weight is 258 g/mol. The smallest absolute Gasteiger partial charge is 0.273 e. The molecule has 1 atom stereocenters. The first kappa shape index (κ1) is 13.8. The zero-order chi connectivity index (χ0) is 14.2. The van der Waals surface area contributed by atoms with Crippen LogP contribution in [0.15, 0.2) is 29.3 Å². The van der Waals surface area contributed by atoms with E-state index in [0.29, 0.717) is 11.8 Å². The van der Waals surface area contributed by atoms with Gasteiger partial charge >= 0.3 is 0 Å². The van der Waals surface area contributed by atoms with E-state index in [-0.39, 0.29) is 11.8 Å². The largest absolute Gasteiger partial charge is 0.355 e. The molecule has 102 valence electrons. The van der Waals surface area contributed by atoms with Gasteiger partial charge in [0.1, 0.15) is 11.4 Å². The number of amidine groups is 1. The second-order valence-corrected chi connectivity index (χ2v) is 6.02. The molecular formula is C16H22N2O. The summed E-state index contributed by atoms with van der Waals surface area (Å²) < 4.78 is 0. The molecule has 19 heavy (non-hydrogen) atoms. The summed E-state index contributed by atoms with van der Waals surface area (Å²) in [5.41, 5.74) is 1.69. The Bertz CT molecular complexity index is 514. The quantitative estimate of drug-likeness (QED) is 0.905. The molecule has 0 spiro atoms. The number of nitrogens with zero attached hydrogens (tertiary/aromatic N) is 1. The lowest BCUT2D eigenvalue weighted by molar-refractivity contribution is -0.123. The molecule has 1 amide bonds. The number of rotatable bonds is 3. The molecule has 0 radical (unpaired) electrons. The van der Waals surface area contributed by atoms with Gasteiger partial charge in [-0.15, -0.1) is 0 Å². The summed E-state index contributed by atoms with van der Waals surface area (Å²) in [6.45, 7) is 10.3. The second-order valence-electron chi connectivity index (χ2n) is 6.02. The minimum absolute atomic E-state index is 0.0783. The third kappa shape index (κ3) is 2.42. The zero-order valence-corrected chi connectivity index (χ0v) is 12.3. The summed E-state index contributed by atoms with van der Waals surface area (Å²) in [6, 6.07) is 8.25. The van der Waals surface area contributed by atoms with Crippen LogP contribution in [0.3, 0.4) is 0 Å². The Morgan fingerprint density at radius 1 is 1.11 bits per heavy atom. The highest BCUT2D eigenvalue weighted by atomic mass is 16.2. The molecule has 0 bridgehead atoms. The Kier molecular flexibility index (Phi) is 3.48. The summed E-state index contributed by atoms with van der Waals surface area (Å²) in [7, 11) is 0. The van der Waals surface area contributed by atoms with E-state index in [4.69, 9.17) is 0 Å². The molecular weight excluding hydrogens is 236 g/mol. The predicted molar refractivity (Wildman–Crippen MR) is 78.5 cm³/mol. The highest BCUT2D eigenvalue weighted by Crippen LogP contribution is 2.24. The minimum Gasteiger partial charge on any atom is -0.355 e. The van der Waals surface area contributed by atoms with Gasteiger partial charge < -0.3 is 5.32 Å². The van der Waals surface area contributed by atoms with Crippen LogP contribution < -0.4 is 5.32 Å². The molecule has 0 saturated carbocycles. The van der Waals surface area contributed by atoms with Crippen molar-refractivity contribution in [3.8, 4) is 0 Å². The van der Waals surface area contributed by atoms with Gasteiger partial charge in [-0.3, -0.25) is 4.79 Å². The van der Waals surface area contributed by atoms with Gasteiger partial charge in [-0.25, -0.2) is 0 Å². The van der Waals surface area contributed by atoms with Gasteiger partial charge in [0.2, 0.25) is 0 Å². The molecule has 3 nitrogen and oxygen atoms in total. The normalized spacial score (nSPS) is 22.9. The van der Waals surface area contributed by atoms with Crippen molar-refractivity contribution in [2.24, 2.45) is 10.9 Å². The van der Waals surface area contributed by atoms with Gasteiger partial charge in [0.25, 0.3) is 5.91 Å². The van der Waals surface area contributed by atoms with Crippen molar-refractivity contribution in [1.29, 1.82) is 0 Å². The van der Waals surface area contributed by atoms with Crippen molar-refractivity contribution >= 4 is 11.7 Å². The van der Waals surface area contributed by atoms with Crippen LogP contribution in [0.4, 0.5) is 0 Å². The van der Waals surface area contributed by atoms with E-state index in [1.165, 1.54) is 5.56 Å². The molecule has 0 aromatic heterocycles. The van der Waals surface area contributed by atoms with Gasteiger partial charge in [0, 0.05) is 5.56 Å². The fourth-order valence-electron chi connectivity index (χ4n) is 2.10. The number of hydrogen-bond donors (Lipinski definition) is 1. The Labute approximate surface area is 115 Å². The number of amides is 1. The Morgan fingerprint density at radius 2 is 1.68 bits per heavy atom. The number of carbonyl (C=O) groups excluding carboxylic acids is 1. The lowest BCUT2D eigenvalue weighted by Crippen LogP contribution is -2.50. The van der Waals surface area contributed by atoms with E-state index in [9.17, 15) is 4.79 Å². The molecule has 1 unspecified atom stereocenters. The van der Waals surface area contributed by atoms with Crippen molar-refractivity contribution in [3.05, 3.63) is 35.4 Å². The van der Waals surface area contributed by atoms with Crippen molar-refractivity contribution in [2.45, 2.75) is 46.1 Å². The monoisotopic (exact) mass is 258 g/mol. The van der Waals surface area contributed by atoms with Gasteiger partial charge in [-0.2, -0.15) is 4.99 Å². The third-order valence-electron chi connectivity index (χ3n) is 4.04. The second kappa shape index (κ2) is 4.80. The SMILES string of the molecule is CC(C)c1ccc(C2=NC(=O)C(C)(C(C)C)N2)cc1. The van der Waals surface area contributed by atoms with Crippen LogP contribution in [0.5, 0.6) is 0 Å². The van der Waals surface area contributed by atoms with Crippen LogP contribution in [-0.2, 0) is 4.79 Å². The van der Waals surface area contributed by atoms with E-state index in [1.807, 2.05) is 32.9 Å². The van der Waals surface area contributed by atoms with Gasteiger partial charge in [-0.1, -0.05) is 52.0 Å². The predicted octanol–water partition coefficient (Wildman–Crippen LogP) is 3.10. The Hall–Kier alpha value is -1.64. The summed E-state index contributed by atoms with van der Waals surface area (Å²) in [4.78, 5) is 16.2. The fraction of sp³-hybridized carbons (Fsp3) is 0.500. The van der Waals surface area contributed by atoms with E-state index in [1.54, 1.807) is 0 Å². The van der Waals surface area contributed by atoms with Crippen molar-refractivity contribution in [2.75, 3.05) is 0 Å². The third-order valence-corrected chi connectivity index (χ3v) is 4.04. The van der Waals surface area contributed by atoms with E-state index in [0.717, 1.165) is 5.56 Å². The van der Waals surface area contributed by atoms with Crippen LogP contribution in [0, 0.1) is 5.92 Å². The van der Waals surface area contributed by atoms with Crippen LogP contribution in [0.25, 0.3) is 0 Å². The maximum absolute atomic E-state index is 12.0. The zero-order valence-electron chi connectivity index (χ0n) is 12.3. The molecule has 1 N–H and O–H groups in total. The molecule has 1 aromatic carbocycles. The lowest BCUT2D eigenvalue weighted by Gasteiger charge is -2.27. The Morgan fingerprint density at radius 3 is 2.11 bits per heavy atom. The van der Waals surface area contributed by atoms with E-state index in [2.05, 4.69) is 36.3 Å². The van der Waals surface area contributed by atoms with Crippen LogP contribution >= 0.6 is 0 Å². The first-order valence-electron chi connectivity index (χ1n) is 6.86. The number of aliphatic imine (C=N–C) groups is 1. The molecule has 1 heterocycles. The summed E-state index contributed by atoms with van der Waals surface area (Å²) in [5.74, 6) is 1.33. The summed E-state index contributed by atoms with van der Waals surface area (Å²) >= 11 is 0. The summed E-state index contributed by atoms with van der Waals surface area (Å²) in [5, 5.41) is 3.28. The van der Waals surface area contributed by atoms with Gasteiger partial charge in [-0.05, 0) is 24.3 Å². The summed E-state index contributed by atoms with van der Waals surface area (Å²) in [6.07, 6.45) is 0. The molecule has 0 fully saturated rings. The van der Waals surface area contributed by atoms with E-state index < -0.39 is 5.54 Å². The van der Waals surface area contributed by atoms with Crippen molar-refractivity contribution < 1.29 is 4.79 Å². The highest BCUT2D eigenvalue weighted by Gasteiger charge is 2.42. The maximum atomic E-state index is 12.0. The maximum Gasteiger partial charge on any atom is 0.273 e. The van der Waals surface area contributed by atoms with Crippen LogP contribution in [0.2, 0.25) is 0 Å². The molecule has 0 saturated heterocycles. The number of hydrogen-bond acceptors (Lipinski definition) is 2. The first-order valence-corrected chi connectivity index (χ1v) is 6.86. The number of nitrogens with one attached hydrogen (secondary N) is 1. The highest BCUT2D eigenvalue weighted by molar-refractivity contribution is 6.13. The van der Waals surface area contributed by atoms with Crippen molar-refractivity contribution in [3.63, 3.8) is 0 Å². The lowest BCUT2D eigenvalue weighted by atomic mass is 9.88. The fourth-order valence-corrected chi connectivity index (χ4v) is 2.10. The van der Waals surface area contributed by atoms with Crippen LogP contribution in [0.1, 0.15) is 51.7 Å². The van der Waals surface area contributed by atoms with E-state index >= 15 is 0 Å². The van der Waals surface area contributed by atoms with Crippen molar-refractivity contribution in [1.82, 2.24) is 5.32 Å². The van der Waals surface area contributed by atoms with Crippen LogP contribution in [-0.4, -0.2) is 17.3 Å². The number of carbonyl (C=O) groups is 1.